The Morgan fingerprint density at radius 1 is 1.40 bits per heavy atom. The molecule has 0 saturated heterocycles. The van der Waals surface area contributed by atoms with Crippen LogP contribution in [0.4, 0.5) is 5.95 Å². The first-order valence-corrected chi connectivity index (χ1v) is 4.51. The number of hydrogen-bond acceptors (Lipinski definition) is 5. The summed E-state index contributed by atoms with van der Waals surface area (Å²) in [6.45, 7) is 0. The van der Waals surface area contributed by atoms with Crippen LogP contribution in [0.25, 0.3) is 0 Å². The first-order chi connectivity index (χ1) is 7.36. The molecule has 2 rings (SSSR count). The number of aromatic nitrogens is 4. The summed E-state index contributed by atoms with van der Waals surface area (Å²) in [6.07, 6.45) is 1.58. The Hall–Kier alpha value is -1.95. The van der Waals surface area contributed by atoms with Crippen LogP contribution in [-0.4, -0.2) is 26.8 Å². The van der Waals surface area contributed by atoms with Gasteiger partial charge in [-0.2, -0.15) is 10.3 Å². The molecule has 0 aliphatic carbocycles. The van der Waals surface area contributed by atoms with Crippen molar-refractivity contribution in [1.29, 1.82) is 0 Å². The molecule has 0 bridgehead atoms. The highest BCUT2D eigenvalue weighted by molar-refractivity contribution is 6.33. The number of anilines is 1. The number of benzene rings is 1. The number of tetrazole rings is 1. The summed E-state index contributed by atoms with van der Waals surface area (Å²) >= 11 is 5.92. The molecular weight excluding hydrogens is 216 g/mol. The van der Waals surface area contributed by atoms with Crippen LogP contribution >= 0.6 is 11.6 Å². The highest BCUT2D eigenvalue weighted by Gasteiger charge is 1.95. The number of halogens is 1. The highest BCUT2D eigenvalue weighted by atomic mass is 35.5. The van der Waals surface area contributed by atoms with Crippen molar-refractivity contribution in [2.75, 3.05) is 5.43 Å². The molecule has 6 nitrogen and oxygen atoms in total. The van der Waals surface area contributed by atoms with E-state index >= 15 is 0 Å². The molecule has 0 unspecified atom stereocenters. The zero-order valence-corrected chi connectivity index (χ0v) is 8.31. The van der Waals surface area contributed by atoms with Gasteiger partial charge in [0.2, 0.25) is 0 Å². The molecule has 0 aliphatic heterocycles. The molecule has 1 heterocycles. The van der Waals surface area contributed by atoms with Gasteiger partial charge in [0.05, 0.1) is 6.21 Å². The highest BCUT2D eigenvalue weighted by Crippen LogP contribution is 2.12. The lowest BCUT2D eigenvalue weighted by Gasteiger charge is -1.95. The molecular formula is C8H7ClN6. The summed E-state index contributed by atoms with van der Waals surface area (Å²) in [7, 11) is 0. The van der Waals surface area contributed by atoms with Crippen molar-refractivity contribution in [3.05, 3.63) is 34.9 Å². The standard InChI is InChI=1S/C8H7ClN6/c9-7-4-2-1-3-6(7)5-10-11-8-12-14-15-13-8/h1-5H,(H2,11,12,13,14,15)/b10-5-. The fraction of sp³-hybridized carbons (Fsp3) is 0. The first-order valence-electron chi connectivity index (χ1n) is 4.13. The summed E-state index contributed by atoms with van der Waals surface area (Å²) in [4.78, 5) is 0. The second-order valence-electron chi connectivity index (χ2n) is 2.63. The average Bonchev–Trinajstić information content (AvgIpc) is 2.74. The van der Waals surface area contributed by atoms with Crippen molar-refractivity contribution in [3.63, 3.8) is 0 Å². The summed E-state index contributed by atoms with van der Waals surface area (Å²) < 4.78 is 0. The van der Waals surface area contributed by atoms with Gasteiger partial charge in [-0.25, -0.2) is 5.43 Å². The van der Waals surface area contributed by atoms with E-state index < -0.39 is 0 Å². The Labute approximate surface area is 90.3 Å². The summed E-state index contributed by atoms with van der Waals surface area (Å²) in [5.41, 5.74) is 3.41. The lowest BCUT2D eigenvalue weighted by molar-refractivity contribution is 0.881. The number of nitrogens with one attached hydrogen (secondary N) is 2. The van der Waals surface area contributed by atoms with Crippen LogP contribution in [0.2, 0.25) is 5.02 Å². The number of aromatic amines is 1. The molecule has 2 N–H and O–H groups in total. The van der Waals surface area contributed by atoms with Crippen molar-refractivity contribution in [2.24, 2.45) is 5.10 Å². The van der Waals surface area contributed by atoms with E-state index in [1.165, 1.54) is 0 Å². The third-order valence-electron chi connectivity index (χ3n) is 1.62. The third-order valence-corrected chi connectivity index (χ3v) is 1.96. The monoisotopic (exact) mass is 222 g/mol. The maximum absolute atomic E-state index is 5.92. The maximum atomic E-state index is 5.92. The van der Waals surface area contributed by atoms with Gasteiger partial charge in [0, 0.05) is 10.6 Å². The van der Waals surface area contributed by atoms with Crippen LogP contribution in [0.1, 0.15) is 5.56 Å². The van der Waals surface area contributed by atoms with Crippen LogP contribution < -0.4 is 5.43 Å². The molecule has 1 aromatic carbocycles. The number of nitrogens with zero attached hydrogens (tertiary/aromatic N) is 4. The van der Waals surface area contributed by atoms with Crippen molar-refractivity contribution < 1.29 is 0 Å². The van der Waals surface area contributed by atoms with Crippen LogP contribution in [-0.2, 0) is 0 Å². The van der Waals surface area contributed by atoms with E-state index in [-0.39, 0.29) is 0 Å². The van der Waals surface area contributed by atoms with Crippen molar-refractivity contribution >= 4 is 23.8 Å². The van der Waals surface area contributed by atoms with Crippen molar-refractivity contribution in [1.82, 2.24) is 20.6 Å². The van der Waals surface area contributed by atoms with E-state index in [1.54, 1.807) is 12.3 Å². The fourth-order valence-corrected chi connectivity index (χ4v) is 1.13. The summed E-state index contributed by atoms with van der Waals surface area (Å²) in [6, 6.07) is 7.37. The molecule has 0 radical (unpaired) electrons. The van der Waals surface area contributed by atoms with Gasteiger partial charge < -0.3 is 0 Å². The first kappa shape index (κ1) is 9.60. The lowest BCUT2D eigenvalue weighted by Crippen LogP contribution is -1.92. The smallest absolute Gasteiger partial charge is 0.243 e. The van der Waals surface area contributed by atoms with Crippen LogP contribution in [0, 0.1) is 0 Å². The minimum atomic E-state index is 0.304. The Bertz CT molecular complexity index is 452. The quantitative estimate of drug-likeness (QED) is 0.606. The van der Waals surface area contributed by atoms with Crippen LogP contribution in [0.5, 0.6) is 0 Å². The van der Waals surface area contributed by atoms with Gasteiger partial charge in [-0.1, -0.05) is 34.9 Å². The Balaban J connectivity index is 2.03. The Morgan fingerprint density at radius 3 is 3.00 bits per heavy atom. The van der Waals surface area contributed by atoms with Crippen LogP contribution in [0.3, 0.4) is 0 Å². The minimum Gasteiger partial charge on any atom is -0.243 e. The van der Waals surface area contributed by atoms with E-state index in [4.69, 9.17) is 11.6 Å². The Morgan fingerprint density at radius 2 is 2.27 bits per heavy atom. The zero-order chi connectivity index (χ0) is 10.5. The normalized spacial score (nSPS) is 10.7. The average molecular weight is 223 g/mol. The molecule has 2 aromatic rings. The van der Waals surface area contributed by atoms with Crippen LogP contribution in [0.15, 0.2) is 29.4 Å². The number of rotatable bonds is 3. The minimum absolute atomic E-state index is 0.304. The number of hydrazone groups is 1. The SMILES string of the molecule is Clc1ccccc1/C=N\Nc1nn[nH]n1. The molecule has 0 saturated carbocycles. The van der Waals surface area contributed by atoms with Crippen molar-refractivity contribution in [2.45, 2.75) is 0 Å². The van der Waals surface area contributed by atoms with E-state index in [1.807, 2.05) is 18.2 Å². The molecule has 0 amide bonds. The molecule has 7 heteroatoms. The van der Waals surface area contributed by atoms with Gasteiger partial charge in [0.15, 0.2) is 0 Å². The number of H-pyrrole nitrogens is 1. The van der Waals surface area contributed by atoms with Gasteiger partial charge in [-0.15, -0.1) is 5.10 Å². The van der Waals surface area contributed by atoms with Gasteiger partial charge >= 0.3 is 0 Å². The maximum Gasteiger partial charge on any atom is 0.283 e. The number of hydrogen-bond donors (Lipinski definition) is 2. The van der Waals surface area contributed by atoms with Crippen molar-refractivity contribution in [3.8, 4) is 0 Å². The Kier molecular flexibility index (Phi) is 2.89. The van der Waals surface area contributed by atoms with E-state index in [0.717, 1.165) is 5.56 Å². The van der Waals surface area contributed by atoms with Gasteiger partial charge in [0.1, 0.15) is 0 Å². The molecule has 15 heavy (non-hydrogen) atoms. The van der Waals surface area contributed by atoms with Gasteiger partial charge in [-0.3, -0.25) is 0 Å². The predicted molar refractivity (Wildman–Crippen MR) is 56.8 cm³/mol. The molecule has 0 fully saturated rings. The van der Waals surface area contributed by atoms with Gasteiger partial charge in [-0.05, 0) is 11.3 Å². The predicted octanol–water partition coefficient (Wildman–Crippen LogP) is 1.30. The lowest BCUT2D eigenvalue weighted by atomic mass is 10.2. The third kappa shape index (κ3) is 2.50. The molecule has 1 aromatic heterocycles. The topological polar surface area (TPSA) is 78.9 Å². The zero-order valence-electron chi connectivity index (χ0n) is 7.55. The van der Waals surface area contributed by atoms with E-state index in [0.29, 0.717) is 11.0 Å². The second-order valence-corrected chi connectivity index (χ2v) is 3.03. The molecule has 0 atom stereocenters. The largest absolute Gasteiger partial charge is 0.283 e. The fourth-order valence-electron chi connectivity index (χ4n) is 0.949. The van der Waals surface area contributed by atoms with E-state index in [2.05, 4.69) is 31.2 Å². The summed E-state index contributed by atoms with van der Waals surface area (Å²) in [5.74, 6) is 0.304. The molecule has 0 spiro atoms. The van der Waals surface area contributed by atoms with E-state index in [9.17, 15) is 0 Å². The van der Waals surface area contributed by atoms with Gasteiger partial charge in [0.25, 0.3) is 5.95 Å². The molecule has 76 valence electrons. The summed E-state index contributed by atoms with van der Waals surface area (Å²) in [5, 5.41) is 17.5. The molecule has 0 aliphatic rings. The second kappa shape index (κ2) is 4.52.